The average Bonchev–Trinajstić information content (AvgIpc) is 3.04. The van der Waals surface area contributed by atoms with Crippen LogP contribution in [-0.4, -0.2) is 40.7 Å². The molecule has 0 bridgehead atoms. The van der Waals surface area contributed by atoms with Gasteiger partial charge in [-0.2, -0.15) is 0 Å². The molecule has 32 heavy (non-hydrogen) atoms. The number of rotatable bonds is 5. The largest absolute Gasteiger partial charge is 0.322 e. The minimum atomic E-state index is -0.547. The van der Waals surface area contributed by atoms with E-state index in [1.54, 1.807) is 4.90 Å². The molecule has 1 saturated heterocycles. The van der Waals surface area contributed by atoms with Crippen molar-refractivity contribution in [1.82, 2.24) is 15.5 Å². The summed E-state index contributed by atoms with van der Waals surface area (Å²) < 4.78 is 0. The smallest absolute Gasteiger partial charge is 0.255 e. The Balaban J connectivity index is 1.25. The van der Waals surface area contributed by atoms with Gasteiger partial charge in [-0.1, -0.05) is 38.8 Å². The second kappa shape index (κ2) is 8.29. The van der Waals surface area contributed by atoms with Gasteiger partial charge in [-0.15, -0.1) is 0 Å². The average molecular weight is 438 g/mol. The van der Waals surface area contributed by atoms with Gasteiger partial charge >= 0.3 is 0 Å². The normalized spacial score (nSPS) is 30.1. The van der Waals surface area contributed by atoms with Gasteiger partial charge < -0.3 is 10.2 Å². The molecule has 2 saturated carbocycles. The third-order valence-corrected chi connectivity index (χ3v) is 8.04. The predicted molar refractivity (Wildman–Crippen MR) is 122 cm³/mol. The first-order valence-corrected chi connectivity index (χ1v) is 12.3. The summed E-state index contributed by atoms with van der Waals surface area (Å²) in [6, 6.07) is 6.92. The number of fused-ring (bicyclic) bond motifs is 1. The number of hydrogen-bond donors (Lipinski definition) is 2. The van der Waals surface area contributed by atoms with Crippen LogP contribution in [0.5, 0.6) is 0 Å². The zero-order chi connectivity index (χ0) is 22.5. The quantitative estimate of drug-likeness (QED) is 0.693. The van der Waals surface area contributed by atoms with Gasteiger partial charge in [0.15, 0.2) is 0 Å². The Morgan fingerprint density at radius 3 is 2.62 bits per heavy atom. The minimum absolute atomic E-state index is 0.0918. The molecule has 0 radical (unpaired) electrons. The maximum atomic E-state index is 12.9. The van der Waals surface area contributed by atoms with E-state index in [0.717, 1.165) is 12.0 Å². The molecule has 3 fully saturated rings. The third-order valence-electron chi connectivity index (χ3n) is 8.04. The third kappa shape index (κ3) is 4.21. The summed E-state index contributed by atoms with van der Waals surface area (Å²) >= 11 is 0. The van der Waals surface area contributed by atoms with Crippen LogP contribution in [0.3, 0.4) is 0 Å². The van der Waals surface area contributed by atoms with Gasteiger partial charge in [0.25, 0.3) is 5.91 Å². The van der Waals surface area contributed by atoms with Crippen LogP contribution < -0.4 is 10.6 Å². The van der Waals surface area contributed by atoms with E-state index in [9.17, 15) is 14.4 Å². The first-order chi connectivity index (χ1) is 15.3. The van der Waals surface area contributed by atoms with E-state index in [2.05, 4.69) is 36.6 Å². The lowest BCUT2D eigenvalue weighted by molar-refractivity contribution is -0.136. The summed E-state index contributed by atoms with van der Waals surface area (Å²) in [5.41, 5.74) is 3.49. The van der Waals surface area contributed by atoms with Crippen LogP contribution in [0, 0.1) is 11.3 Å². The fourth-order valence-corrected chi connectivity index (χ4v) is 6.42. The number of nitrogens with zero attached hydrogens (tertiary/aromatic N) is 1. The van der Waals surface area contributed by atoms with Gasteiger partial charge in [0.2, 0.25) is 11.8 Å². The molecule has 1 aromatic rings. The van der Waals surface area contributed by atoms with Crippen molar-refractivity contribution < 1.29 is 14.4 Å². The number of amides is 3. The standard InChI is InChI=1S/C26H35N3O3/c1-26(2)13-19(14-26)27-21-6-4-3-5-17(21)11-16-7-8-20-18(12-16)15-29(25(20)32)22-9-10-23(30)28-24(22)31/h7-8,12,17,19,21-22,27H,3-6,9-11,13-15H2,1-2H3,(H,28,30,31)/t17-,21+,22?/m1/s1. The molecule has 5 rings (SSSR count). The second-order valence-electron chi connectivity index (χ2n) is 11.2. The monoisotopic (exact) mass is 437 g/mol. The van der Waals surface area contributed by atoms with Crippen molar-refractivity contribution in [3.8, 4) is 0 Å². The molecule has 4 aliphatic rings. The van der Waals surface area contributed by atoms with Crippen LogP contribution >= 0.6 is 0 Å². The summed E-state index contributed by atoms with van der Waals surface area (Å²) in [7, 11) is 0. The van der Waals surface area contributed by atoms with Crippen molar-refractivity contribution >= 4 is 17.7 Å². The van der Waals surface area contributed by atoms with E-state index in [1.165, 1.54) is 44.1 Å². The van der Waals surface area contributed by atoms with Crippen molar-refractivity contribution in [2.24, 2.45) is 11.3 Å². The van der Waals surface area contributed by atoms with Gasteiger partial charge in [0, 0.05) is 30.6 Å². The van der Waals surface area contributed by atoms with Crippen LogP contribution in [0.2, 0.25) is 0 Å². The number of benzene rings is 1. The molecule has 1 unspecified atom stereocenters. The summed E-state index contributed by atoms with van der Waals surface area (Å²) in [6.07, 6.45) is 9.39. The lowest BCUT2D eigenvalue weighted by Crippen LogP contribution is -2.52. The first-order valence-electron chi connectivity index (χ1n) is 12.3. The Kier molecular flexibility index (Phi) is 5.60. The Morgan fingerprint density at radius 2 is 1.88 bits per heavy atom. The van der Waals surface area contributed by atoms with E-state index >= 15 is 0 Å². The van der Waals surface area contributed by atoms with E-state index in [-0.39, 0.29) is 24.1 Å². The molecule has 1 aromatic carbocycles. The summed E-state index contributed by atoms with van der Waals surface area (Å²) in [5.74, 6) is -0.0589. The van der Waals surface area contributed by atoms with Crippen LogP contribution in [0.4, 0.5) is 0 Å². The summed E-state index contributed by atoms with van der Waals surface area (Å²) in [6.45, 7) is 5.17. The van der Waals surface area contributed by atoms with Crippen LogP contribution in [-0.2, 0) is 22.6 Å². The van der Waals surface area contributed by atoms with Gasteiger partial charge in [0.1, 0.15) is 6.04 Å². The Labute approximate surface area is 190 Å². The molecule has 172 valence electrons. The van der Waals surface area contributed by atoms with Crippen molar-refractivity contribution in [3.63, 3.8) is 0 Å². The Morgan fingerprint density at radius 1 is 1.09 bits per heavy atom. The van der Waals surface area contributed by atoms with Crippen LogP contribution in [0.1, 0.15) is 86.7 Å². The van der Waals surface area contributed by atoms with Gasteiger partial charge in [-0.25, -0.2) is 0 Å². The zero-order valence-corrected chi connectivity index (χ0v) is 19.3. The molecule has 0 aromatic heterocycles. The minimum Gasteiger partial charge on any atom is -0.322 e. The summed E-state index contributed by atoms with van der Waals surface area (Å²) in [4.78, 5) is 38.3. The van der Waals surface area contributed by atoms with Crippen molar-refractivity contribution in [2.75, 3.05) is 0 Å². The second-order valence-corrected chi connectivity index (χ2v) is 11.2. The van der Waals surface area contributed by atoms with Crippen molar-refractivity contribution in [1.29, 1.82) is 0 Å². The number of carbonyl (C=O) groups is 3. The fraction of sp³-hybridized carbons (Fsp3) is 0.654. The lowest BCUT2D eigenvalue weighted by atomic mass is 9.67. The number of hydrogen-bond acceptors (Lipinski definition) is 4. The van der Waals surface area contributed by atoms with Gasteiger partial charge in [0.05, 0.1) is 0 Å². The molecule has 2 aliphatic carbocycles. The lowest BCUT2D eigenvalue weighted by Gasteiger charge is -2.46. The maximum Gasteiger partial charge on any atom is 0.255 e. The predicted octanol–water partition coefficient (Wildman–Crippen LogP) is 3.33. The molecule has 6 nitrogen and oxygen atoms in total. The molecule has 2 N–H and O–H groups in total. The highest BCUT2D eigenvalue weighted by atomic mass is 16.2. The number of nitrogens with one attached hydrogen (secondary N) is 2. The molecule has 0 spiro atoms. The molecule has 3 amide bonds. The maximum absolute atomic E-state index is 12.9. The van der Waals surface area contributed by atoms with Gasteiger partial charge in [-0.05, 0) is 67.1 Å². The Hall–Kier alpha value is -2.21. The highest BCUT2D eigenvalue weighted by Crippen LogP contribution is 2.41. The molecule has 2 aliphatic heterocycles. The van der Waals surface area contributed by atoms with Crippen LogP contribution in [0.15, 0.2) is 18.2 Å². The topological polar surface area (TPSA) is 78.5 Å². The number of piperidine rings is 1. The Bertz CT molecular complexity index is 932. The van der Waals surface area contributed by atoms with Crippen molar-refractivity contribution in [2.45, 2.75) is 96.3 Å². The molecular formula is C26H35N3O3. The highest BCUT2D eigenvalue weighted by Gasteiger charge is 2.40. The molecule has 2 heterocycles. The van der Waals surface area contributed by atoms with Gasteiger partial charge in [-0.3, -0.25) is 19.7 Å². The van der Waals surface area contributed by atoms with E-state index in [4.69, 9.17) is 0 Å². The molecule has 3 atom stereocenters. The highest BCUT2D eigenvalue weighted by molar-refractivity contribution is 6.05. The fourth-order valence-electron chi connectivity index (χ4n) is 6.42. The van der Waals surface area contributed by atoms with E-state index in [0.29, 0.717) is 41.9 Å². The SMILES string of the molecule is CC1(C)CC(N[C@H]2CCCC[C@@H]2Cc2ccc3c(c2)CN(C2CCC(=O)NC2=O)C3=O)C1. The summed E-state index contributed by atoms with van der Waals surface area (Å²) in [5, 5.41) is 6.34. The molecule has 6 heteroatoms. The van der Waals surface area contributed by atoms with E-state index in [1.807, 2.05) is 6.07 Å². The first kappa shape index (κ1) is 21.6. The van der Waals surface area contributed by atoms with Crippen LogP contribution in [0.25, 0.3) is 0 Å². The van der Waals surface area contributed by atoms with E-state index < -0.39 is 6.04 Å². The number of imide groups is 1. The molecular weight excluding hydrogens is 402 g/mol. The zero-order valence-electron chi connectivity index (χ0n) is 19.3. The number of carbonyl (C=O) groups excluding carboxylic acids is 3. The van der Waals surface area contributed by atoms with Crippen molar-refractivity contribution in [3.05, 3.63) is 34.9 Å².